The number of amides is 1. The van der Waals surface area contributed by atoms with E-state index in [2.05, 4.69) is 0 Å². The average molecular weight is 312 g/mol. The Bertz CT molecular complexity index is 446. The third-order valence-corrected chi connectivity index (χ3v) is 4.79. The van der Waals surface area contributed by atoms with Crippen LogP contribution < -0.4 is 5.73 Å². The first-order valence-corrected chi connectivity index (χ1v) is 8.00. The number of fused-ring (bicyclic) bond motifs is 1. The lowest BCUT2D eigenvalue weighted by Gasteiger charge is -2.49. The van der Waals surface area contributed by atoms with Crippen LogP contribution in [0.2, 0.25) is 0 Å². The number of carbonyl (C=O) groups excluding carboxylic acids is 2. The molecule has 0 bridgehead atoms. The molecule has 2 N–H and O–H groups in total. The molecular formula is C16H28N2O4. The molecule has 3 atom stereocenters. The monoisotopic (exact) mass is 312 g/mol. The van der Waals surface area contributed by atoms with Crippen molar-refractivity contribution in [1.29, 1.82) is 0 Å². The maximum absolute atomic E-state index is 12.4. The molecule has 2 fully saturated rings. The van der Waals surface area contributed by atoms with Crippen LogP contribution >= 0.6 is 0 Å². The Labute approximate surface area is 132 Å². The van der Waals surface area contributed by atoms with E-state index in [0.717, 1.165) is 19.3 Å². The van der Waals surface area contributed by atoms with E-state index in [0.29, 0.717) is 19.5 Å². The molecule has 22 heavy (non-hydrogen) atoms. The van der Waals surface area contributed by atoms with E-state index in [4.69, 9.17) is 15.2 Å². The third kappa shape index (κ3) is 3.37. The van der Waals surface area contributed by atoms with Gasteiger partial charge in [-0.3, -0.25) is 4.79 Å². The van der Waals surface area contributed by atoms with E-state index < -0.39 is 11.0 Å². The largest absolute Gasteiger partial charge is 0.469 e. The lowest BCUT2D eigenvalue weighted by Crippen LogP contribution is -2.58. The van der Waals surface area contributed by atoms with Gasteiger partial charge in [-0.2, -0.15) is 0 Å². The number of esters is 1. The van der Waals surface area contributed by atoms with E-state index in [1.54, 1.807) is 4.90 Å². The molecular weight excluding hydrogens is 284 g/mol. The zero-order valence-corrected chi connectivity index (χ0v) is 14.1. The molecule has 0 aromatic rings. The second-order valence-corrected chi connectivity index (χ2v) is 7.57. The van der Waals surface area contributed by atoms with Gasteiger partial charge in [0.25, 0.3) is 0 Å². The predicted molar refractivity (Wildman–Crippen MR) is 82.2 cm³/mol. The summed E-state index contributed by atoms with van der Waals surface area (Å²) < 4.78 is 10.5. The molecule has 1 saturated carbocycles. The van der Waals surface area contributed by atoms with Crippen molar-refractivity contribution in [3.05, 3.63) is 0 Å². The molecule has 1 aliphatic carbocycles. The summed E-state index contributed by atoms with van der Waals surface area (Å²) in [6, 6.07) is 0.135. The number of carbonyl (C=O) groups is 2. The Morgan fingerprint density at radius 1 is 1.27 bits per heavy atom. The minimum Gasteiger partial charge on any atom is -0.469 e. The van der Waals surface area contributed by atoms with E-state index in [9.17, 15) is 9.59 Å². The summed E-state index contributed by atoms with van der Waals surface area (Å²) in [6.45, 7) is 6.49. The summed E-state index contributed by atoms with van der Waals surface area (Å²) >= 11 is 0. The lowest BCUT2D eigenvalue weighted by atomic mass is 9.62. The molecule has 1 amide bonds. The van der Waals surface area contributed by atoms with Gasteiger partial charge in [-0.1, -0.05) is 0 Å². The lowest BCUT2D eigenvalue weighted by molar-refractivity contribution is -0.164. The van der Waals surface area contributed by atoms with Gasteiger partial charge in [-0.25, -0.2) is 4.79 Å². The van der Waals surface area contributed by atoms with Crippen molar-refractivity contribution in [2.75, 3.05) is 20.2 Å². The zero-order chi connectivity index (χ0) is 16.5. The van der Waals surface area contributed by atoms with Crippen LogP contribution in [-0.4, -0.2) is 48.8 Å². The first-order chi connectivity index (χ1) is 10.2. The second kappa shape index (κ2) is 6.07. The molecule has 2 rings (SSSR count). The highest BCUT2D eigenvalue weighted by Gasteiger charge is 2.53. The molecule has 0 radical (unpaired) electrons. The quantitative estimate of drug-likeness (QED) is 0.748. The first-order valence-electron chi connectivity index (χ1n) is 8.00. The molecule has 2 aliphatic rings. The third-order valence-electron chi connectivity index (χ3n) is 4.79. The molecule has 1 saturated heterocycles. The Balaban J connectivity index is 2.17. The van der Waals surface area contributed by atoms with Gasteiger partial charge in [0.05, 0.1) is 12.5 Å². The van der Waals surface area contributed by atoms with Crippen LogP contribution in [0.5, 0.6) is 0 Å². The van der Waals surface area contributed by atoms with E-state index >= 15 is 0 Å². The van der Waals surface area contributed by atoms with Crippen LogP contribution in [-0.2, 0) is 14.3 Å². The molecule has 0 unspecified atom stereocenters. The van der Waals surface area contributed by atoms with Gasteiger partial charge in [0, 0.05) is 19.1 Å². The summed E-state index contributed by atoms with van der Waals surface area (Å²) in [5.74, 6) is -0.0416. The van der Waals surface area contributed by atoms with E-state index in [1.165, 1.54) is 7.11 Å². The second-order valence-electron chi connectivity index (χ2n) is 7.57. The predicted octanol–water partition coefficient (Wildman–Crippen LogP) is 1.91. The maximum Gasteiger partial charge on any atom is 0.410 e. The number of hydrogen-bond donors (Lipinski definition) is 1. The Kier molecular flexibility index (Phi) is 4.70. The van der Waals surface area contributed by atoms with Crippen molar-refractivity contribution in [2.24, 2.45) is 17.1 Å². The number of hydrogen-bond acceptors (Lipinski definition) is 5. The van der Waals surface area contributed by atoms with Crippen molar-refractivity contribution >= 4 is 12.1 Å². The van der Waals surface area contributed by atoms with Crippen LogP contribution in [0.3, 0.4) is 0 Å². The number of nitrogens with zero attached hydrogens (tertiary/aromatic N) is 1. The summed E-state index contributed by atoms with van der Waals surface area (Å²) in [7, 11) is 1.41. The minimum absolute atomic E-state index is 0.135. The fraction of sp³-hybridized carbons (Fsp3) is 0.875. The first kappa shape index (κ1) is 17.1. The Hall–Kier alpha value is -1.30. The summed E-state index contributed by atoms with van der Waals surface area (Å²) in [4.78, 5) is 26.4. The van der Waals surface area contributed by atoms with E-state index in [-0.39, 0.29) is 24.0 Å². The average Bonchev–Trinajstić information content (AvgIpc) is 2.44. The van der Waals surface area contributed by atoms with Gasteiger partial charge in [0.2, 0.25) is 0 Å². The Morgan fingerprint density at radius 3 is 2.55 bits per heavy atom. The molecule has 0 aromatic heterocycles. The van der Waals surface area contributed by atoms with Crippen LogP contribution in [0.25, 0.3) is 0 Å². The van der Waals surface area contributed by atoms with Gasteiger partial charge < -0.3 is 20.1 Å². The van der Waals surface area contributed by atoms with Crippen molar-refractivity contribution in [2.45, 2.75) is 58.1 Å². The van der Waals surface area contributed by atoms with Crippen LogP contribution in [0.4, 0.5) is 4.79 Å². The van der Waals surface area contributed by atoms with Gasteiger partial charge in [-0.15, -0.1) is 0 Å². The number of rotatable bonds is 1. The molecule has 1 heterocycles. The van der Waals surface area contributed by atoms with Crippen molar-refractivity contribution in [1.82, 2.24) is 4.90 Å². The number of piperidine rings is 1. The number of ether oxygens (including phenoxy) is 2. The topological polar surface area (TPSA) is 81.9 Å². The fourth-order valence-electron chi connectivity index (χ4n) is 3.71. The normalized spacial score (nSPS) is 32.1. The SMILES string of the molecule is COC(=O)[C@]12CC[C@H](N)C[C@@H]1CCN(C(=O)OC(C)(C)C)C2. The number of nitrogens with two attached hydrogens (primary N) is 1. The zero-order valence-electron chi connectivity index (χ0n) is 14.1. The van der Waals surface area contributed by atoms with Crippen molar-refractivity contribution in [3.8, 4) is 0 Å². The summed E-state index contributed by atoms with van der Waals surface area (Å²) in [5.41, 5.74) is 4.90. The number of likely N-dealkylation sites (tertiary alicyclic amines) is 1. The van der Waals surface area contributed by atoms with Gasteiger partial charge >= 0.3 is 12.1 Å². The highest BCUT2D eigenvalue weighted by atomic mass is 16.6. The van der Waals surface area contributed by atoms with Crippen LogP contribution in [0.1, 0.15) is 46.5 Å². The van der Waals surface area contributed by atoms with E-state index in [1.807, 2.05) is 20.8 Å². The molecule has 0 aromatic carbocycles. The molecule has 6 heteroatoms. The smallest absolute Gasteiger partial charge is 0.410 e. The molecule has 1 aliphatic heterocycles. The Morgan fingerprint density at radius 2 is 1.95 bits per heavy atom. The summed E-state index contributed by atoms with van der Waals surface area (Å²) in [6.07, 6.45) is 2.68. The standard InChI is InChI=1S/C16H28N2O4/c1-15(2,3)22-14(20)18-8-6-11-9-12(17)5-7-16(11,10-18)13(19)21-4/h11-12H,5-10,17H2,1-4H3/t11-,12-,16-/m0/s1. The minimum atomic E-state index is -0.625. The van der Waals surface area contributed by atoms with Gasteiger partial charge in [0.1, 0.15) is 5.60 Å². The number of methoxy groups -OCH3 is 1. The van der Waals surface area contributed by atoms with Crippen LogP contribution in [0, 0.1) is 11.3 Å². The molecule has 126 valence electrons. The van der Waals surface area contributed by atoms with Crippen molar-refractivity contribution < 1.29 is 19.1 Å². The highest BCUT2D eigenvalue weighted by Crippen LogP contribution is 2.47. The van der Waals surface area contributed by atoms with Crippen LogP contribution in [0.15, 0.2) is 0 Å². The van der Waals surface area contributed by atoms with Crippen molar-refractivity contribution in [3.63, 3.8) is 0 Å². The van der Waals surface area contributed by atoms with Gasteiger partial charge in [-0.05, 0) is 52.4 Å². The van der Waals surface area contributed by atoms with Gasteiger partial charge in [0.15, 0.2) is 0 Å². The summed E-state index contributed by atoms with van der Waals surface area (Å²) in [5, 5.41) is 0. The highest BCUT2D eigenvalue weighted by molar-refractivity contribution is 5.79. The fourth-order valence-corrected chi connectivity index (χ4v) is 3.71. The molecule has 6 nitrogen and oxygen atoms in total. The maximum atomic E-state index is 12.4. The molecule has 0 spiro atoms.